The van der Waals surface area contributed by atoms with Crippen LogP contribution in [0, 0.1) is 22.5 Å². The predicted molar refractivity (Wildman–Crippen MR) is 88.4 cm³/mol. The quantitative estimate of drug-likeness (QED) is 0.817. The summed E-state index contributed by atoms with van der Waals surface area (Å²) in [6, 6.07) is 3.87. The molecule has 3 aliphatic carbocycles. The summed E-state index contributed by atoms with van der Waals surface area (Å²) in [5.41, 5.74) is 2.34. The molecule has 5 atom stereocenters. The van der Waals surface area contributed by atoms with Gasteiger partial charge >= 0.3 is 0 Å². The molecule has 1 aromatic rings. The van der Waals surface area contributed by atoms with E-state index >= 15 is 0 Å². The first-order chi connectivity index (χ1) is 11.5. The highest BCUT2D eigenvalue weighted by Crippen LogP contribution is 2.60. The Kier molecular flexibility index (Phi) is 3.71. The molecule has 0 aliphatic heterocycles. The average molecular weight is 331 g/mol. The van der Waals surface area contributed by atoms with Gasteiger partial charge in [-0.15, -0.1) is 0 Å². The molecule has 0 heterocycles. The zero-order valence-electron chi connectivity index (χ0n) is 14.3. The number of carbonyl (C=O) groups is 1. The molecule has 0 bridgehead atoms. The molecule has 130 valence electrons. The van der Waals surface area contributed by atoms with E-state index in [0.717, 1.165) is 44.1 Å². The van der Waals surface area contributed by atoms with Crippen molar-refractivity contribution in [3.05, 3.63) is 28.5 Å². The van der Waals surface area contributed by atoms with Crippen LogP contribution in [0.25, 0.3) is 0 Å². The van der Waals surface area contributed by atoms with Crippen molar-refractivity contribution in [2.24, 2.45) is 17.3 Å². The van der Waals surface area contributed by atoms with Gasteiger partial charge in [0.15, 0.2) is 5.75 Å². The minimum Gasteiger partial charge on any atom is -0.595 e. The van der Waals surface area contributed by atoms with Crippen LogP contribution in [0.3, 0.4) is 0 Å². The standard InChI is InChI=1S/C19H25NO4/c1-19-10-9-12-11-5-7-16(24-2)18(20(22)23)14(11)4-3-13(12)15(19)6-8-17(19)21/h5,7,12-13,15,20,22H,3-4,6,8-10H2,1-2H3/t12-,13-,15+,19+/m1/s1. The smallest absolute Gasteiger partial charge is 0.209 e. The van der Waals surface area contributed by atoms with Crippen molar-refractivity contribution in [1.82, 2.24) is 0 Å². The van der Waals surface area contributed by atoms with Gasteiger partial charge in [0.05, 0.1) is 7.11 Å². The van der Waals surface area contributed by atoms with Crippen LogP contribution in [0.4, 0.5) is 5.69 Å². The summed E-state index contributed by atoms with van der Waals surface area (Å²) in [7, 11) is 1.52. The molecule has 3 aliphatic rings. The van der Waals surface area contributed by atoms with Crippen LogP contribution in [0.1, 0.15) is 56.1 Å². The second-order valence-corrected chi connectivity index (χ2v) is 7.85. The number of fused-ring (bicyclic) bond motifs is 5. The number of carbonyl (C=O) groups excluding carboxylic acids is 1. The van der Waals surface area contributed by atoms with Gasteiger partial charge in [-0.3, -0.25) is 4.79 Å². The molecule has 0 amide bonds. The lowest BCUT2D eigenvalue weighted by atomic mass is 9.55. The highest BCUT2D eigenvalue weighted by Gasteiger charge is 2.54. The molecule has 5 heteroatoms. The summed E-state index contributed by atoms with van der Waals surface area (Å²) in [6.07, 6.45) is 5.41. The Morgan fingerprint density at radius 2 is 2.08 bits per heavy atom. The van der Waals surface area contributed by atoms with Crippen LogP contribution in [0.15, 0.2) is 12.1 Å². The minimum atomic E-state index is -0.904. The number of hydrogen-bond acceptors (Lipinski definition) is 4. The molecule has 0 aromatic heterocycles. The molecule has 24 heavy (non-hydrogen) atoms. The fraction of sp³-hybridized carbons (Fsp3) is 0.632. The van der Waals surface area contributed by atoms with Gasteiger partial charge in [0, 0.05) is 17.4 Å². The van der Waals surface area contributed by atoms with Crippen molar-refractivity contribution in [3.63, 3.8) is 0 Å². The van der Waals surface area contributed by atoms with Crippen molar-refractivity contribution in [1.29, 1.82) is 0 Å². The molecule has 2 saturated carbocycles. The number of methoxy groups -OCH3 is 1. The monoisotopic (exact) mass is 331 g/mol. The Balaban J connectivity index is 1.76. The second-order valence-electron chi connectivity index (χ2n) is 7.85. The van der Waals surface area contributed by atoms with Crippen molar-refractivity contribution in [2.75, 3.05) is 7.11 Å². The Morgan fingerprint density at radius 1 is 1.29 bits per heavy atom. The van der Waals surface area contributed by atoms with E-state index in [0.29, 0.717) is 35.0 Å². The van der Waals surface area contributed by atoms with Gasteiger partial charge < -0.3 is 9.94 Å². The molecule has 0 spiro atoms. The molecule has 4 rings (SSSR count). The van der Waals surface area contributed by atoms with Crippen LogP contribution in [0.5, 0.6) is 5.75 Å². The molecule has 0 radical (unpaired) electrons. The van der Waals surface area contributed by atoms with Gasteiger partial charge in [-0.2, -0.15) is 5.23 Å². The molecule has 2 fully saturated rings. The highest BCUT2D eigenvalue weighted by molar-refractivity contribution is 5.87. The highest BCUT2D eigenvalue weighted by atomic mass is 16.8. The third kappa shape index (κ3) is 2.08. The number of hydrogen-bond donors (Lipinski definition) is 2. The number of ketones is 1. The van der Waals surface area contributed by atoms with Gasteiger partial charge in [-0.25, -0.2) is 5.21 Å². The van der Waals surface area contributed by atoms with E-state index in [1.165, 1.54) is 12.7 Å². The van der Waals surface area contributed by atoms with Crippen LogP contribution < -0.4 is 9.96 Å². The number of quaternary nitrogens is 1. The maximum absolute atomic E-state index is 12.4. The minimum absolute atomic E-state index is 0.138. The first-order valence-corrected chi connectivity index (χ1v) is 8.93. The van der Waals surface area contributed by atoms with Gasteiger partial charge in [-0.05, 0) is 61.5 Å². The van der Waals surface area contributed by atoms with E-state index in [4.69, 9.17) is 4.74 Å². The predicted octanol–water partition coefficient (Wildman–Crippen LogP) is 2.52. The van der Waals surface area contributed by atoms with Crippen molar-refractivity contribution in [2.45, 2.75) is 51.4 Å². The normalized spacial score (nSPS) is 35.8. The summed E-state index contributed by atoms with van der Waals surface area (Å²) in [6.45, 7) is 2.16. The first kappa shape index (κ1) is 16.1. The van der Waals surface area contributed by atoms with Gasteiger partial charge in [-0.1, -0.05) is 13.0 Å². The van der Waals surface area contributed by atoms with Crippen molar-refractivity contribution >= 4 is 11.5 Å². The number of rotatable bonds is 2. The van der Waals surface area contributed by atoms with Gasteiger partial charge in [0.25, 0.3) is 0 Å². The lowest BCUT2D eigenvalue weighted by Crippen LogP contribution is -2.99. The van der Waals surface area contributed by atoms with Crippen LogP contribution in [-0.2, 0) is 11.2 Å². The van der Waals surface area contributed by atoms with E-state index in [1.54, 1.807) is 6.07 Å². The van der Waals surface area contributed by atoms with Crippen LogP contribution in [-0.4, -0.2) is 18.1 Å². The fourth-order valence-corrected chi connectivity index (χ4v) is 5.82. The van der Waals surface area contributed by atoms with Crippen LogP contribution >= 0.6 is 0 Å². The first-order valence-electron chi connectivity index (χ1n) is 8.93. The van der Waals surface area contributed by atoms with E-state index in [2.05, 4.69) is 13.0 Å². The SMILES string of the molecule is COc1ccc2c(c1[NH+]([O-])O)CC[C@@H]1[C@@H]2CC[C@]2(C)C(=O)CC[C@@H]12. The molecule has 2 N–H and O–H groups in total. The summed E-state index contributed by atoms with van der Waals surface area (Å²) >= 11 is 0. The van der Waals surface area contributed by atoms with E-state index < -0.39 is 5.23 Å². The maximum Gasteiger partial charge on any atom is 0.209 e. The number of nitrogens with one attached hydrogen (secondary N) is 1. The Bertz CT molecular complexity index is 686. The van der Waals surface area contributed by atoms with Gasteiger partial charge in [0.1, 0.15) is 5.78 Å². The largest absolute Gasteiger partial charge is 0.595 e. The maximum atomic E-state index is 12.4. The fourth-order valence-electron chi connectivity index (χ4n) is 5.82. The van der Waals surface area contributed by atoms with E-state index in [-0.39, 0.29) is 5.41 Å². The Hall–Kier alpha value is -1.43. The molecular formula is C19H25NO4. The van der Waals surface area contributed by atoms with Gasteiger partial charge in [0.2, 0.25) is 5.69 Å². The zero-order valence-corrected chi connectivity index (χ0v) is 14.3. The third-order valence-corrected chi connectivity index (χ3v) is 7.02. The number of Topliss-reactive ketones (excluding diaryl/α,β-unsaturated/α-hetero) is 1. The molecule has 5 nitrogen and oxygen atoms in total. The number of benzene rings is 1. The molecular weight excluding hydrogens is 306 g/mol. The summed E-state index contributed by atoms with van der Waals surface area (Å²) in [5, 5.41) is 20.5. The molecule has 1 aromatic carbocycles. The Labute approximate surface area is 142 Å². The lowest BCUT2D eigenvalue weighted by Gasteiger charge is -2.48. The molecule has 0 saturated heterocycles. The summed E-state index contributed by atoms with van der Waals surface area (Å²) in [5.74, 6) is 2.26. The molecule has 1 unspecified atom stereocenters. The van der Waals surface area contributed by atoms with Crippen LogP contribution in [0.2, 0.25) is 0 Å². The third-order valence-electron chi connectivity index (χ3n) is 7.02. The van der Waals surface area contributed by atoms with Crippen molar-refractivity contribution in [3.8, 4) is 5.75 Å². The summed E-state index contributed by atoms with van der Waals surface area (Å²) < 4.78 is 5.28. The lowest BCUT2D eigenvalue weighted by molar-refractivity contribution is -0.991. The topological polar surface area (TPSA) is 74.0 Å². The Morgan fingerprint density at radius 3 is 2.79 bits per heavy atom. The second kappa shape index (κ2) is 5.55. The van der Waals surface area contributed by atoms with E-state index in [1.807, 2.05) is 0 Å². The van der Waals surface area contributed by atoms with E-state index in [9.17, 15) is 15.2 Å². The van der Waals surface area contributed by atoms with Crippen molar-refractivity contribution < 1.29 is 20.0 Å². The number of ether oxygens (including phenoxy) is 1. The average Bonchev–Trinajstić information content (AvgIpc) is 2.88. The summed E-state index contributed by atoms with van der Waals surface area (Å²) in [4.78, 5) is 12.4. The zero-order chi connectivity index (χ0) is 17.1.